The highest BCUT2D eigenvalue weighted by molar-refractivity contribution is 5.73. The molecule has 0 amide bonds. The van der Waals surface area contributed by atoms with E-state index in [1.807, 2.05) is 4.98 Å². The predicted molar refractivity (Wildman–Crippen MR) is 92.2 cm³/mol. The second-order valence-corrected chi connectivity index (χ2v) is 7.16. The van der Waals surface area contributed by atoms with Crippen LogP contribution in [0.4, 0.5) is 70.2 Å². The van der Waals surface area contributed by atoms with Crippen LogP contribution in [0.1, 0.15) is 17.1 Å². The van der Waals surface area contributed by atoms with Crippen LogP contribution in [0.15, 0.2) is 6.07 Å². The molecule has 0 fully saturated rings. The van der Waals surface area contributed by atoms with E-state index >= 15 is 0 Å². The van der Waals surface area contributed by atoms with Crippen molar-refractivity contribution in [1.29, 1.82) is 5.26 Å². The molecule has 0 spiro atoms. The average molecular weight is 587 g/mol. The fourth-order valence-electron chi connectivity index (χ4n) is 3.03. The molecule has 0 unspecified atom stereocenters. The fraction of sp³-hybridized carbons (Fsp3) is 0.150. The topological polar surface area (TPSA) is 49.6 Å². The molecule has 0 saturated carbocycles. The number of rotatable bonds is 3. The third kappa shape index (κ3) is 4.57. The monoisotopic (exact) mass is 587 g/mol. The molecule has 3 nitrogen and oxygen atoms in total. The van der Waals surface area contributed by atoms with Gasteiger partial charge < -0.3 is 0 Å². The Kier molecular flexibility index (Phi) is 7.00. The van der Waals surface area contributed by atoms with E-state index in [1.54, 1.807) is 0 Å². The summed E-state index contributed by atoms with van der Waals surface area (Å²) >= 11 is 0. The number of halogens is 16. The molecule has 1 aromatic heterocycles. The number of hydrogen-bond donors (Lipinski definition) is 0. The zero-order valence-electron chi connectivity index (χ0n) is 17.5. The van der Waals surface area contributed by atoms with E-state index in [0.717, 1.165) is 0 Å². The summed E-state index contributed by atoms with van der Waals surface area (Å²) < 4.78 is 220. The number of benzene rings is 2. The summed E-state index contributed by atoms with van der Waals surface area (Å²) in [5, 5.41) is 8.53. The lowest BCUT2D eigenvalue weighted by atomic mass is 9.96. The molecule has 0 aliphatic heterocycles. The maximum atomic E-state index is 14.8. The molecule has 0 aliphatic carbocycles. The number of nitriles is 1. The zero-order chi connectivity index (χ0) is 30.0. The molecule has 3 aromatic rings. The minimum atomic E-state index is -6.66. The standard InChI is InChI=1S/C20HF16N3/c21-9-3(2-37)10(22)14(26)7(13(9)25)8-15(27)11(23)6(12(24)16(8)28)4-1-5(18(29,30)20(34,35)36)39-17(38-4)19(31,32)33/h1H. The maximum absolute atomic E-state index is 14.8. The summed E-state index contributed by atoms with van der Waals surface area (Å²) in [4.78, 5) is 4.26. The first-order valence-corrected chi connectivity index (χ1v) is 9.22. The Labute approximate surface area is 202 Å². The van der Waals surface area contributed by atoms with Crippen LogP contribution in [-0.2, 0) is 12.1 Å². The van der Waals surface area contributed by atoms with E-state index in [2.05, 4.69) is 4.98 Å². The first-order chi connectivity index (χ1) is 17.7. The molecule has 1 heterocycles. The molecular weight excluding hydrogens is 586 g/mol. The SMILES string of the molecule is N#Cc1c(F)c(F)c(-c2c(F)c(F)c(-c3cc(C(F)(F)C(F)(F)F)nc(C(F)(F)F)n3)c(F)c2F)c(F)c1F. The van der Waals surface area contributed by atoms with Gasteiger partial charge in [-0.3, -0.25) is 0 Å². The first kappa shape index (κ1) is 29.4. The summed E-state index contributed by atoms with van der Waals surface area (Å²) in [7, 11) is 0. The quantitative estimate of drug-likeness (QED) is 0.236. The first-order valence-electron chi connectivity index (χ1n) is 9.22. The summed E-state index contributed by atoms with van der Waals surface area (Å²) in [5.41, 5.74) is -14.7. The van der Waals surface area contributed by atoms with E-state index in [4.69, 9.17) is 5.26 Å². The number of alkyl halides is 8. The molecule has 2 aromatic carbocycles. The van der Waals surface area contributed by atoms with Crippen LogP contribution < -0.4 is 0 Å². The minimum Gasteiger partial charge on any atom is -0.224 e. The highest BCUT2D eigenvalue weighted by Gasteiger charge is 2.60. The van der Waals surface area contributed by atoms with Crippen molar-refractivity contribution in [2.75, 3.05) is 0 Å². The van der Waals surface area contributed by atoms with Gasteiger partial charge in [0.15, 0.2) is 46.5 Å². The van der Waals surface area contributed by atoms with Crippen molar-refractivity contribution < 1.29 is 70.2 Å². The van der Waals surface area contributed by atoms with Gasteiger partial charge in [-0.25, -0.2) is 45.1 Å². The fourth-order valence-corrected chi connectivity index (χ4v) is 3.03. The molecule has 3 rings (SSSR count). The van der Waals surface area contributed by atoms with Crippen LogP contribution in [0.25, 0.3) is 22.4 Å². The molecule has 0 aliphatic rings. The number of aromatic nitrogens is 2. The van der Waals surface area contributed by atoms with Crippen molar-refractivity contribution in [3.63, 3.8) is 0 Å². The van der Waals surface area contributed by atoms with Gasteiger partial charge in [0.25, 0.3) is 0 Å². The van der Waals surface area contributed by atoms with Gasteiger partial charge >= 0.3 is 18.3 Å². The van der Waals surface area contributed by atoms with E-state index in [9.17, 15) is 70.2 Å². The van der Waals surface area contributed by atoms with Crippen LogP contribution in [-0.4, -0.2) is 16.1 Å². The van der Waals surface area contributed by atoms with Crippen LogP contribution in [0.2, 0.25) is 0 Å². The number of nitrogens with zero attached hydrogens (tertiary/aromatic N) is 3. The Morgan fingerprint density at radius 3 is 1.31 bits per heavy atom. The smallest absolute Gasteiger partial charge is 0.224 e. The lowest BCUT2D eigenvalue weighted by molar-refractivity contribution is -0.291. The maximum Gasteiger partial charge on any atom is 0.459 e. The van der Waals surface area contributed by atoms with Crippen molar-refractivity contribution in [2.45, 2.75) is 18.3 Å². The molecule has 0 atom stereocenters. The summed E-state index contributed by atoms with van der Waals surface area (Å²) in [6.45, 7) is 0. The normalized spacial score (nSPS) is 12.6. The van der Waals surface area contributed by atoms with Crippen molar-refractivity contribution in [3.8, 4) is 28.5 Å². The Balaban J connectivity index is 2.46. The van der Waals surface area contributed by atoms with Crippen LogP contribution in [0, 0.1) is 57.9 Å². The molecular formula is C20HF16N3. The highest BCUT2D eigenvalue weighted by Crippen LogP contribution is 2.46. The molecule has 0 saturated heterocycles. The van der Waals surface area contributed by atoms with Crippen LogP contribution in [0.3, 0.4) is 0 Å². The van der Waals surface area contributed by atoms with Crippen molar-refractivity contribution >= 4 is 0 Å². The molecule has 0 N–H and O–H groups in total. The van der Waals surface area contributed by atoms with Crippen molar-refractivity contribution in [3.05, 3.63) is 69.7 Å². The van der Waals surface area contributed by atoms with Gasteiger partial charge in [-0.05, 0) is 6.07 Å². The van der Waals surface area contributed by atoms with Crippen molar-refractivity contribution in [1.82, 2.24) is 9.97 Å². The average Bonchev–Trinajstić information content (AvgIpc) is 2.82. The van der Waals surface area contributed by atoms with Gasteiger partial charge in [-0.15, -0.1) is 0 Å². The minimum absolute atomic E-state index is 0.639. The third-order valence-electron chi connectivity index (χ3n) is 4.80. The molecule has 0 radical (unpaired) electrons. The number of hydrogen-bond acceptors (Lipinski definition) is 3. The van der Waals surface area contributed by atoms with Gasteiger partial charge in [0.2, 0.25) is 5.82 Å². The van der Waals surface area contributed by atoms with Gasteiger partial charge in [-0.1, -0.05) is 0 Å². The summed E-state index contributed by atoms with van der Waals surface area (Å²) in [6, 6.07) is -0.176. The largest absolute Gasteiger partial charge is 0.459 e. The molecule has 19 heteroatoms. The molecule has 0 bridgehead atoms. The van der Waals surface area contributed by atoms with E-state index in [0.29, 0.717) is 6.07 Å². The Morgan fingerprint density at radius 2 is 0.949 bits per heavy atom. The lowest BCUT2D eigenvalue weighted by Gasteiger charge is -2.21. The molecule has 39 heavy (non-hydrogen) atoms. The van der Waals surface area contributed by atoms with Gasteiger partial charge in [-0.2, -0.15) is 40.4 Å². The van der Waals surface area contributed by atoms with E-state index < -0.39 is 110 Å². The van der Waals surface area contributed by atoms with E-state index in [-0.39, 0.29) is 0 Å². The van der Waals surface area contributed by atoms with Gasteiger partial charge in [0, 0.05) is 0 Å². The predicted octanol–water partition coefficient (Wildman–Crippen LogP) is 7.47. The van der Waals surface area contributed by atoms with E-state index in [1.165, 1.54) is 0 Å². The Hall–Kier alpha value is -4.11. The van der Waals surface area contributed by atoms with Crippen molar-refractivity contribution in [2.24, 2.45) is 0 Å². The summed E-state index contributed by atoms with van der Waals surface area (Å²) in [5.74, 6) is -31.9. The third-order valence-corrected chi connectivity index (χ3v) is 4.80. The van der Waals surface area contributed by atoms with Crippen LogP contribution in [0.5, 0.6) is 0 Å². The van der Waals surface area contributed by atoms with Gasteiger partial charge in [0.1, 0.15) is 17.3 Å². The van der Waals surface area contributed by atoms with Gasteiger partial charge in [0.05, 0.1) is 22.4 Å². The Morgan fingerprint density at radius 1 is 0.564 bits per heavy atom. The molecule has 208 valence electrons. The lowest BCUT2D eigenvalue weighted by Crippen LogP contribution is -2.35. The highest BCUT2D eigenvalue weighted by atomic mass is 19.4. The summed E-state index contributed by atoms with van der Waals surface area (Å²) in [6.07, 6.45) is -12.6. The second kappa shape index (κ2) is 9.27. The zero-order valence-corrected chi connectivity index (χ0v) is 17.5. The second-order valence-electron chi connectivity index (χ2n) is 7.16. The Bertz CT molecular complexity index is 1490. The van der Waals surface area contributed by atoms with Crippen LogP contribution >= 0.6 is 0 Å².